The molecule has 0 saturated carbocycles. The third-order valence-electron chi connectivity index (χ3n) is 4.02. The lowest BCUT2D eigenvalue weighted by atomic mass is 10.0. The Hall–Kier alpha value is -2.37. The van der Waals surface area contributed by atoms with Crippen LogP contribution >= 0.6 is 0 Å². The molecular weight excluding hydrogens is 308 g/mol. The lowest BCUT2D eigenvalue weighted by molar-refractivity contribution is -0.134. The first-order valence-electron chi connectivity index (χ1n) is 8.29. The van der Waals surface area contributed by atoms with Gasteiger partial charge in [-0.05, 0) is 31.9 Å². The average molecular weight is 332 g/mol. The predicted octanol–water partition coefficient (Wildman–Crippen LogP) is 1.54. The Kier molecular flexibility index (Phi) is 6.78. The van der Waals surface area contributed by atoms with E-state index in [1.807, 2.05) is 30.3 Å². The van der Waals surface area contributed by atoms with Crippen molar-refractivity contribution in [1.29, 1.82) is 0 Å². The minimum Gasteiger partial charge on any atom is -0.484 e. The van der Waals surface area contributed by atoms with E-state index in [0.29, 0.717) is 18.8 Å². The third-order valence-corrected chi connectivity index (χ3v) is 4.02. The molecule has 1 aliphatic rings. The Morgan fingerprint density at radius 2 is 1.79 bits per heavy atom. The van der Waals surface area contributed by atoms with Crippen molar-refractivity contribution in [2.24, 2.45) is 0 Å². The number of hydrogen-bond acceptors (Lipinski definition) is 4. The second-order valence-corrected chi connectivity index (χ2v) is 6.03. The number of nitrogens with zero attached hydrogens (tertiary/aromatic N) is 1. The van der Waals surface area contributed by atoms with Gasteiger partial charge in [0.15, 0.2) is 6.61 Å². The standard InChI is InChI=1S/C18H24N2O4/c1-14(21)7-8-17(22)19-15-9-11-20(12-10-15)18(23)13-24-16-5-3-2-4-6-16/h2-6,15H,7-13H2,1H3,(H,19,22). The Morgan fingerprint density at radius 1 is 1.12 bits per heavy atom. The van der Waals surface area contributed by atoms with Gasteiger partial charge in [-0.1, -0.05) is 18.2 Å². The van der Waals surface area contributed by atoms with E-state index < -0.39 is 0 Å². The van der Waals surface area contributed by atoms with Crippen LogP contribution < -0.4 is 10.1 Å². The van der Waals surface area contributed by atoms with Crippen LogP contribution in [0.4, 0.5) is 0 Å². The summed E-state index contributed by atoms with van der Waals surface area (Å²) in [5.74, 6) is 0.560. The molecule has 0 aromatic heterocycles. The summed E-state index contributed by atoms with van der Waals surface area (Å²) in [5, 5.41) is 2.93. The van der Waals surface area contributed by atoms with Gasteiger partial charge in [0.2, 0.25) is 5.91 Å². The molecule has 0 radical (unpaired) electrons. The molecule has 1 saturated heterocycles. The van der Waals surface area contributed by atoms with Gasteiger partial charge >= 0.3 is 0 Å². The summed E-state index contributed by atoms with van der Waals surface area (Å²) in [6.07, 6.45) is 1.96. The molecule has 2 rings (SSSR count). The summed E-state index contributed by atoms with van der Waals surface area (Å²) in [6, 6.07) is 9.32. The molecule has 1 aliphatic heterocycles. The second-order valence-electron chi connectivity index (χ2n) is 6.03. The molecule has 1 N–H and O–H groups in total. The van der Waals surface area contributed by atoms with Gasteiger partial charge in [0.05, 0.1) is 0 Å². The minimum atomic E-state index is -0.0950. The van der Waals surface area contributed by atoms with E-state index in [9.17, 15) is 14.4 Å². The summed E-state index contributed by atoms with van der Waals surface area (Å²) in [7, 11) is 0. The van der Waals surface area contributed by atoms with Gasteiger partial charge in [0, 0.05) is 32.0 Å². The van der Waals surface area contributed by atoms with Crippen molar-refractivity contribution in [2.75, 3.05) is 19.7 Å². The number of rotatable bonds is 7. The molecule has 1 aromatic rings. The first-order valence-corrected chi connectivity index (χ1v) is 8.29. The number of piperidine rings is 1. The molecule has 0 atom stereocenters. The van der Waals surface area contributed by atoms with Crippen molar-refractivity contribution in [1.82, 2.24) is 10.2 Å². The largest absolute Gasteiger partial charge is 0.484 e. The first-order chi connectivity index (χ1) is 11.5. The molecule has 1 heterocycles. The molecule has 0 unspecified atom stereocenters. The van der Waals surface area contributed by atoms with Crippen LogP contribution in [-0.2, 0) is 14.4 Å². The first kappa shape index (κ1) is 18.0. The van der Waals surface area contributed by atoms with Gasteiger partial charge in [0.1, 0.15) is 11.5 Å². The van der Waals surface area contributed by atoms with Crippen molar-refractivity contribution in [3.8, 4) is 5.75 Å². The average Bonchev–Trinajstić information content (AvgIpc) is 2.59. The number of benzene rings is 1. The van der Waals surface area contributed by atoms with Gasteiger partial charge in [0.25, 0.3) is 5.91 Å². The minimum absolute atomic E-state index is 0.0176. The van der Waals surface area contributed by atoms with Crippen LogP contribution in [-0.4, -0.2) is 48.2 Å². The van der Waals surface area contributed by atoms with Crippen LogP contribution in [0.25, 0.3) is 0 Å². The number of Topliss-reactive ketones (excluding diaryl/α,β-unsaturated/α-hetero) is 1. The molecular formula is C18H24N2O4. The van der Waals surface area contributed by atoms with Crippen LogP contribution in [0, 0.1) is 0 Å². The number of carbonyl (C=O) groups is 3. The Labute approximate surface area is 142 Å². The number of ether oxygens (including phenoxy) is 1. The van der Waals surface area contributed by atoms with Crippen molar-refractivity contribution < 1.29 is 19.1 Å². The van der Waals surface area contributed by atoms with Crippen LogP contribution in [0.2, 0.25) is 0 Å². The molecule has 130 valence electrons. The number of para-hydroxylation sites is 1. The fraction of sp³-hybridized carbons (Fsp3) is 0.500. The quantitative estimate of drug-likeness (QED) is 0.822. The normalized spacial score (nSPS) is 15.0. The summed E-state index contributed by atoms with van der Waals surface area (Å²) in [5.41, 5.74) is 0. The van der Waals surface area contributed by atoms with Crippen LogP contribution in [0.1, 0.15) is 32.6 Å². The number of carbonyl (C=O) groups excluding carboxylic acids is 3. The van der Waals surface area contributed by atoms with Gasteiger partial charge in [-0.15, -0.1) is 0 Å². The van der Waals surface area contributed by atoms with Gasteiger partial charge in [-0.3, -0.25) is 9.59 Å². The third kappa shape index (κ3) is 6.02. The van der Waals surface area contributed by atoms with Crippen molar-refractivity contribution >= 4 is 17.6 Å². The van der Waals surface area contributed by atoms with E-state index in [1.54, 1.807) is 4.90 Å². The van der Waals surface area contributed by atoms with E-state index in [0.717, 1.165) is 12.8 Å². The number of amides is 2. The Bertz CT molecular complexity index is 566. The van der Waals surface area contributed by atoms with E-state index >= 15 is 0 Å². The molecule has 1 fully saturated rings. The van der Waals surface area contributed by atoms with E-state index in [1.165, 1.54) is 6.92 Å². The molecule has 6 heteroatoms. The topological polar surface area (TPSA) is 75.7 Å². The maximum atomic E-state index is 12.2. The molecule has 2 amide bonds. The molecule has 0 spiro atoms. The highest BCUT2D eigenvalue weighted by molar-refractivity contribution is 5.83. The summed E-state index contributed by atoms with van der Waals surface area (Å²) >= 11 is 0. The highest BCUT2D eigenvalue weighted by atomic mass is 16.5. The maximum absolute atomic E-state index is 12.2. The van der Waals surface area contributed by atoms with Crippen LogP contribution in [0.15, 0.2) is 30.3 Å². The fourth-order valence-corrected chi connectivity index (χ4v) is 2.62. The molecule has 0 aliphatic carbocycles. The number of likely N-dealkylation sites (tertiary alicyclic amines) is 1. The fourth-order valence-electron chi connectivity index (χ4n) is 2.62. The zero-order valence-corrected chi connectivity index (χ0v) is 14.0. The number of nitrogens with one attached hydrogen (secondary N) is 1. The Morgan fingerprint density at radius 3 is 2.42 bits per heavy atom. The van der Waals surface area contributed by atoms with Crippen molar-refractivity contribution in [3.63, 3.8) is 0 Å². The summed E-state index contributed by atoms with van der Waals surface area (Å²) < 4.78 is 5.47. The van der Waals surface area contributed by atoms with Crippen LogP contribution in [0.3, 0.4) is 0 Å². The molecule has 1 aromatic carbocycles. The van der Waals surface area contributed by atoms with Crippen molar-refractivity contribution in [2.45, 2.75) is 38.6 Å². The SMILES string of the molecule is CC(=O)CCC(=O)NC1CCN(C(=O)COc2ccccc2)CC1. The summed E-state index contributed by atoms with van der Waals surface area (Å²) in [4.78, 5) is 36.5. The molecule has 6 nitrogen and oxygen atoms in total. The smallest absolute Gasteiger partial charge is 0.260 e. The predicted molar refractivity (Wildman–Crippen MR) is 89.6 cm³/mol. The van der Waals surface area contributed by atoms with Crippen LogP contribution in [0.5, 0.6) is 5.75 Å². The van der Waals surface area contributed by atoms with E-state index in [2.05, 4.69) is 5.32 Å². The highest BCUT2D eigenvalue weighted by Gasteiger charge is 2.24. The zero-order valence-electron chi connectivity index (χ0n) is 14.0. The van der Waals surface area contributed by atoms with Gasteiger partial charge < -0.3 is 19.7 Å². The number of ketones is 1. The summed E-state index contributed by atoms with van der Waals surface area (Å²) in [6.45, 7) is 2.72. The van der Waals surface area contributed by atoms with Gasteiger partial charge in [-0.2, -0.15) is 0 Å². The highest BCUT2D eigenvalue weighted by Crippen LogP contribution is 2.13. The molecule has 0 bridgehead atoms. The van der Waals surface area contributed by atoms with Crippen molar-refractivity contribution in [3.05, 3.63) is 30.3 Å². The van der Waals surface area contributed by atoms with E-state index in [-0.39, 0.29) is 43.1 Å². The second kappa shape index (κ2) is 9.05. The maximum Gasteiger partial charge on any atom is 0.260 e. The van der Waals surface area contributed by atoms with Gasteiger partial charge in [-0.25, -0.2) is 0 Å². The lowest BCUT2D eigenvalue weighted by Crippen LogP contribution is -2.47. The van der Waals surface area contributed by atoms with E-state index in [4.69, 9.17) is 4.74 Å². The molecule has 24 heavy (non-hydrogen) atoms. The monoisotopic (exact) mass is 332 g/mol. The number of hydrogen-bond donors (Lipinski definition) is 1. The Balaban J connectivity index is 1.67. The lowest BCUT2D eigenvalue weighted by Gasteiger charge is -2.32. The zero-order chi connectivity index (χ0) is 17.4.